The molecule has 1 aromatic heterocycles. The third-order valence-corrected chi connectivity index (χ3v) is 9.91. The number of carbonyl (C=O) groups is 1. The van der Waals surface area contributed by atoms with Crippen molar-refractivity contribution in [1.82, 2.24) is 14.2 Å². The number of rotatable bonds is 9. The Morgan fingerprint density at radius 1 is 1.17 bits per heavy atom. The molecular formula is C25H29ClN4O4S2. The van der Waals surface area contributed by atoms with Crippen LogP contribution < -0.4 is 4.90 Å². The van der Waals surface area contributed by atoms with Gasteiger partial charge < -0.3 is 4.74 Å². The van der Waals surface area contributed by atoms with Crippen molar-refractivity contribution in [2.45, 2.75) is 30.2 Å². The molecule has 0 N–H and O–H groups in total. The number of amides is 1. The minimum Gasteiger partial charge on any atom is -0.379 e. The maximum atomic E-state index is 13.7. The quantitative estimate of drug-likeness (QED) is 0.400. The SMILES string of the molecule is CN(C1CC1)S(=O)(=O)c1ccc(C(=O)N(CCCN2CCOCC2)c2nc3c(Cl)cccc3s2)cc1. The molecule has 3 aromatic rings. The van der Waals surface area contributed by atoms with Crippen molar-refractivity contribution in [2.75, 3.05) is 51.3 Å². The summed E-state index contributed by atoms with van der Waals surface area (Å²) in [6.45, 7) is 4.56. The molecule has 0 atom stereocenters. The summed E-state index contributed by atoms with van der Waals surface area (Å²) in [4.78, 5) is 22.6. The molecule has 1 saturated heterocycles. The molecule has 192 valence electrons. The Morgan fingerprint density at radius 3 is 2.56 bits per heavy atom. The highest BCUT2D eigenvalue weighted by Crippen LogP contribution is 2.34. The fourth-order valence-corrected chi connectivity index (χ4v) is 7.01. The minimum absolute atomic E-state index is 0.0733. The highest BCUT2D eigenvalue weighted by molar-refractivity contribution is 7.89. The van der Waals surface area contributed by atoms with E-state index in [9.17, 15) is 13.2 Å². The van der Waals surface area contributed by atoms with E-state index in [4.69, 9.17) is 16.3 Å². The van der Waals surface area contributed by atoms with Crippen LogP contribution in [0.4, 0.5) is 5.13 Å². The van der Waals surface area contributed by atoms with E-state index in [2.05, 4.69) is 9.88 Å². The monoisotopic (exact) mass is 548 g/mol. The van der Waals surface area contributed by atoms with Crippen molar-refractivity contribution in [3.05, 3.63) is 53.1 Å². The minimum atomic E-state index is -3.57. The van der Waals surface area contributed by atoms with E-state index >= 15 is 0 Å². The molecule has 2 aliphatic rings. The molecule has 0 unspecified atom stereocenters. The lowest BCUT2D eigenvalue weighted by Gasteiger charge is -2.27. The van der Waals surface area contributed by atoms with Crippen LogP contribution in [0.25, 0.3) is 10.2 Å². The summed E-state index contributed by atoms with van der Waals surface area (Å²) < 4.78 is 33.5. The summed E-state index contributed by atoms with van der Waals surface area (Å²) in [5.74, 6) is -0.216. The standard InChI is InChI=1S/C25H29ClN4O4S2/c1-28(19-8-9-19)36(32,33)20-10-6-18(7-11-20)24(31)30(13-3-12-29-14-16-34-17-15-29)25-27-23-21(26)4-2-5-22(23)35-25/h2,4-7,10-11,19H,3,8-9,12-17H2,1H3. The number of aromatic nitrogens is 1. The van der Waals surface area contributed by atoms with Crippen LogP contribution in [0.5, 0.6) is 0 Å². The molecule has 2 aromatic carbocycles. The van der Waals surface area contributed by atoms with Gasteiger partial charge >= 0.3 is 0 Å². The number of sulfonamides is 1. The first-order valence-electron chi connectivity index (χ1n) is 12.1. The van der Waals surface area contributed by atoms with Gasteiger partial charge in [0, 0.05) is 44.8 Å². The molecule has 1 saturated carbocycles. The first-order chi connectivity index (χ1) is 17.3. The van der Waals surface area contributed by atoms with Gasteiger partial charge in [-0.15, -0.1) is 0 Å². The molecule has 36 heavy (non-hydrogen) atoms. The molecule has 0 bridgehead atoms. The van der Waals surface area contributed by atoms with Gasteiger partial charge in [-0.05, 0) is 55.7 Å². The van der Waals surface area contributed by atoms with Gasteiger partial charge in [0.15, 0.2) is 5.13 Å². The molecular weight excluding hydrogens is 520 g/mol. The zero-order valence-corrected chi connectivity index (χ0v) is 22.5. The Morgan fingerprint density at radius 2 is 1.89 bits per heavy atom. The largest absolute Gasteiger partial charge is 0.379 e. The van der Waals surface area contributed by atoms with Crippen LogP contribution in [0.15, 0.2) is 47.4 Å². The van der Waals surface area contributed by atoms with Gasteiger partial charge in [0.05, 0.1) is 27.8 Å². The van der Waals surface area contributed by atoms with E-state index in [1.54, 1.807) is 30.1 Å². The predicted octanol–water partition coefficient (Wildman–Crippen LogP) is 4.10. The first-order valence-corrected chi connectivity index (χ1v) is 14.7. The van der Waals surface area contributed by atoms with Gasteiger partial charge in [-0.25, -0.2) is 13.4 Å². The highest BCUT2D eigenvalue weighted by Gasteiger charge is 2.35. The third kappa shape index (κ3) is 5.44. The predicted molar refractivity (Wildman–Crippen MR) is 143 cm³/mol. The Balaban J connectivity index is 1.38. The average Bonchev–Trinajstić information content (AvgIpc) is 3.65. The number of ether oxygens (including phenoxy) is 1. The number of benzene rings is 2. The Bertz CT molecular complexity index is 1340. The van der Waals surface area contributed by atoms with Crippen LogP contribution in [-0.2, 0) is 14.8 Å². The fraction of sp³-hybridized carbons (Fsp3) is 0.440. The maximum Gasteiger partial charge on any atom is 0.260 e. The van der Waals surface area contributed by atoms with Crippen molar-refractivity contribution < 1.29 is 17.9 Å². The van der Waals surface area contributed by atoms with Crippen LogP contribution >= 0.6 is 22.9 Å². The third-order valence-electron chi connectivity index (χ3n) is 6.63. The van der Waals surface area contributed by atoms with Crippen LogP contribution in [0, 0.1) is 0 Å². The zero-order valence-electron chi connectivity index (χ0n) is 20.1. The van der Waals surface area contributed by atoms with E-state index < -0.39 is 10.0 Å². The first kappa shape index (κ1) is 25.6. The Hall–Kier alpha value is -2.08. The molecule has 2 heterocycles. The smallest absolute Gasteiger partial charge is 0.260 e. The second-order valence-corrected chi connectivity index (χ2v) is 12.5. The fourth-order valence-electron chi connectivity index (χ4n) is 4.31. The van der Waals surface area contributed by atoms with Crippen molar-refractivity contribution in [3.63, 3.8) is 0 Å². The molecule has 0 spiro atoms. The number of hydrogen-bond acceptors (Lipinski definition) is 7. The van der Waals surface area contributed by atoms with Gasteiger partial charge in [0.25, 0.3) is 5.91 Å². The summed E-state index contributed by atoms with van der Waals surface area (Å²) in [5, 5.41) is 1.13. The second-order valence-electron chi connectivity index (χ2n) is 9.12. The second kappa shape index (κ2) is 10.7. The van der Waals surface area contributed by atoms with E-state index in [1.165, 1.54) is 27.8 Å². The lowest BCUT2D eigenvalue weighted by Crippen LogP contribution is -2.39. The molecule has 8 nitrogen and oxygen atoms in total. The van der Waals surface area contributed by atoms with E-state index in [0.29, 0.717) is 27.8 Å². The van der Waals surface area contributed by atoms with Crippen LogP contribution in [0.1, 0.15) is 29.6 Å². The number of hydrogen-bond donors (Lipinski definition) is 0. The summed E-state index contributed by atoms with van der Waals surface area (Å²) in [6, 6.07) is 11.9. The van der Waals surface area contributed by atoms with Crippen LogP contribution in [0.2, 0.25) is 5.02 Å². The number of anilines is 1. The molecule has 1 aliphatic heterocycles. The summed E-state index contributed by atoms with van der Waals surface area (Å²) in [6.07, 6.45) is 2.55. The zero-order chi connectivity index (χ0) is 25.3. The summed E-state index contributed by atoms with van der Waals surface area (Å²) >= 11 is 7.77. The molecule has 5 rings (SSSR count). The van der Waals surface area contributed by atoms with Gasteiger partial charge in [0.1, 0.15) is 5.52 Å². The molecule has 2 fully saturated rings. The molecule has 11 heteroatoms. The summed E-state index contributed by atoms with van der Waals surface area (Å²) in [7, 11) is -1.96. The van der Waals surface area contributed by atoms with Gasteiger partial charge in [-0.3, -0.25) is 14.6 Å². The average molecular weight is 549 g/mol. The number of carbonyl (C=O) groups excluding carboxylic acids is 1. The van der Waals surface area contributed by atoms with Crippen LogP contribution in [-0.4, -0.2) is 81.0 Å². The van der Waals surface area contributed by atoms with Crippen molar-refractivity contribution in [2.24, 2.45) is 0 Å². The lowest BCUT2D eigenvalue weighted by molar-refractivity contribution is 0.0376. The topological polar surface area (TPSA) is 83.1 Å². The maximum absolute atomic E-state index is 13.7. The van der Waals surface area contributed by atoms with Crippen molar-refractivity contribution in [1.29, 1.82) is 0 Å². The van der Waals surface area contributed by atoms with Gasteiger partial charge in [-0.2, -0.15) is 4.31 Å². The Kier molecular flexibility index (Phi) is 7.62. The summed E-state index contributed by atoms with van der Waals surface area (Å²) in [5.41, 5.74) is 1.09. The van der Waals surface area contributed by atoms with Crippen molar-refractivity contribution in [3.8, 4) is 0 Å². The van der Waals surface area contributed by atoms with E-state index in [-0.39, 0.29) is 16.8 Å². The van der Waals surface area contributed by atoms with Crippen molar-refractivity contribution >= 4 is 54.2 Å². The highest BCUT2D eigenvalue weighted by atomic mass is 35.5. The van der Waals surface area contributed by atoms with Gasteiger partial charge in [-0.1, -0.05) is 29.0 Å². The number of nitrogens with zero attached hydrogens (tertiary/aromatic N) is 4. The Labute approximate surface area is 220 Å². The van der Waals surface area contributed by atoms with E-state index in [0.717, 1.165) is 56.8 Å². The number of para-hydroxylation sites is 1. The molecule has 1 aliphatic carbocycles. The van der Waals surface area contributed by atoms with E-state index in [1.807, 2.05) is 12.1 Å². The van der Waals surface area contributed by atoms with Gasteiger partial charge in [0.2, 0.25) is 10.0 Å². The normalized spacial score (nSPS) is 17.1. The van der Waals surface area contributed by atoms with Crippen LogP contribution in [0.3, 0.4) is 0 Å². The number of fused-ring (bicyclic) bond motifs is 1. The number of thiazole rings is 1. The number of morpholine rings is 1. The number of halogens is 1. The molecule has 1 amide bonds. The molecule has 0 radical (unpaired) electrons. The lowest BCUT2D eigenvalue weighted by atomic mass is 10.2.